The molecule has 0 radical (unpaired) electrons. The summed E-state index contributed by atoms with van der Waals surface area (Å²) >= 11 is 9.73. The zero-order chi connectivity index (χ0) is 10.4. The van der Waals surface area contributed by atoms with E-state index in [1.165, 1.54) is 0 Å². The van der Waals surface area contributed by atoms with E-state index >= 15 is 0 Å². The quantitative estimate of drug-likeness (QED) is 0.565. The van der Waals surface area contributed by atoms with Crippen LogP contribution in [0.5, 0.6) is 0 Å². The summed E-state index contributed by atoms with van der Waals surface area (Å²) in [6, 6.07) is 9.91. The zero-order valence-electron chi connectivity index (χ0n) is 7.63. The van der Waals surface area contributed by atoms with E-state index in [1.54, 1.807) is 6.26 Å². The van der Waals surface area contributed by atoms with Crippen molar-refractivity contribution in [2.24, 2.45) is 0 Å². The Morgan fingerprint density at radius 2 is 1.93 bits per heavy atom. The summed E-state index contributed by atoms with van der Waals surface area (Å²) in [5, 5.41) is 3.85. The molecule has 0 aliphatic heterocycles. The Hall–Kier alpha value is -0.990. The van der Waals surface area contributed by atoms with E-state index in [9.17, 15) is 0 Å². The largest absolute Gasteiger partial charge is 0.464 e. The van der Waals surface area contributed by atoms with Gasteiger partial charge in [-0.25, -0.2) is 0 Å². The average Bonchev–Trinajstić information content (AvgIpc) is 2.65. The molecule has 1 nitrogen and oxygen atoms in total. The topological polar surface area (TPSA) is 13.1 Å². The minimum Gasteiger partial charge on any atom is -0.464 e. The molecule has 3 rings (SSSR count). The van der Waals surface area contributed by atoms with Crippen LogP contribution < -0.4 is 0 Å². The Morgan fingerprint density at radius 3 is 2.80 bits per heavy atom. The molecule has 0 bridgehead atoms. The molecule has 0 N–H and O–H groups in total. The third-order valence-corrected chi connectivity index (χ3v) is 3.37. The molecule has 0 aliphatic carbocycles. The molecule has 0 spiro atoms. The zero-order valence-corrected chi connectivity index (χ0v) is 9.97. The summed E-state index contributed by atoms with van der Waals surface area (Å²) in [5.74, 6) is 0. The van der Waals surface area contributed by atoms with Crippen molar-refractivity contribution in [3.8, 4) is 0 Å². The van der Waals surface area contributed by atoms with Gasteiger partial charge in [0.2, 0.25) is 0 Å². The number of fused-ring (bicyclic) bond motifs is 2. The third kappa shape index (κ3) is 1.36. The number of rotatable bonds is 0. The molecule has 1 heterocycles. The van der Waals surface area contributed by atoms with Crippen molar-refractivity contribution in [3.63, 3.8) is 0 Å². The van der Waals surface area contributed by atoms with Crippen molar-refractivity contribution in [1.29, 1.82) is 0 Å². The van der Waals surface area contributed by atoms with Crippen LogP contribution in [0.3, 0.4) is 0 Å². The normalized spacial score (nSPS) is 11.3. The lowest BCUT2D eigenvalue weighted by Crippen LogP contribution is -1.76. The van der Waals surface area contributed by atoms with E-state index in [0.717, 1.165) is 31.2 Å². The summed E-state index contributed by atoms with van der Waals surface area (Å²) < 4.78 is 6.39. The van der Waals surface area contributed by atoms with E-state index in [0.29, 0.717) is 0 Å². The van der Waals surface area contributed by atoms with Crippen molar-refractivity contribution >= 4 is 49.3 Å². The summed E-state index contributed by atoms with van der Waals surface area (Å²) in [7, 11) is 0. The van der Waals surface area contributed by atoms with Crippen LogP contribution in [0.25, 0.3) is 21.7 Å². The predicted molar refractivity (Wildman–Crippen MR) is 66.4 cm³/mol. The van der Waals surface area contributed by atoms with Gasteiger partial charge in [0.25, 0.3) is 0 Å². The number of furan rings is 1. The van der Waals surface area contributed by atoms with Gasteiger partial charge in [-0.15, -0.1) is 0 Å². The van der Waals surface area contributed by atoms with E-state index in [4.69, 9.17) is 16.0 Å². The number of halogens is 2. The minimum atomic E-state index is 0.753. The van der Waals surface area contributed by atoms with Crippen LogP contribution in [0.1, 0.15) is 0 Å². The summed E-state index contributed by atoms with van der Waals surface area (Å²) in [4.78, 5) is 0. The molecule has 1 aromatic heterocycles. The Kier molecular flexibility index (Phi) is 2.01. The number of hydrogen-bond acceptors (Lipinski definition) is 1. The second-order valence-corrected chi connectivity index (χ2v) is 4.68. The minimum absolute atomic E-state index is 0.753. The standard InChI is InChI=1S/C12H6BrClO/c13-8-1-2-9-7(5-8)6-11-10(12(9)14)3-4-15-11/h1-6H. The lowest BCUT2D eigenvalue weighted by atomic mass is 10.1. The van der Waals surface area contributed by atoms with Gasteiger partial charge in [0.05, 0.1) is 11.3 Å². The Bertz CT molecular complexity index is 657. The molecule has 0 unspecified atom stereocenters. The molecule has 3 heteroatoms. The van der Waals surface area contributed by atoms with Crippen LogP contribution in [0.15, 0.2) is 45.5 Å². The fraction of sp³-hybridized carbons (Fsp3) is 0. The first-order valence-corrected chi connectivity index (χ1v) is 5.68. The average molecular weight is 282 g/mol. The van der Waals surface area contributed by atoms with E-state index in [-0.39, 0.29) is 0 Å². The van der Waals surface area contributed by atoms with E-state index in [1.807, 2.05) is 30.3 Å². The van der Waals surface area contributed by atoms with Crippen molar-refractivity contribution in [2.75, 3.05) is 0 Å². The summed E-state index contributed by atoms with van der Waals surface area (Å²) in [6.07, 6.45) is 1.66. The highest BCUT2D eigenvalue weighted by Crippen LogP contribution is 2.34. The fourth-order valence-electron chi connectivity index (χ4n) is 1.75. The van der Waals surface area contributed by atoms with Gasteiger partial charge >= 0.3 is 0 Å². The van der Waals surface area contributed by atoms with Crippen LogP contribution in [0.2, 0.25) is 5.02 Å². The molecule has 3 aromatic rings. The summed E-state index contributed by atoms with van der Waals surface area (Å²) in [5.41, 5.74) is 0.825. The van der Waals surface area contributed by atoms with Crippen molar-refractivity contribution in [2.45, 2.75) is 0 Å². The maximum absolute atomic E-state index is 6.29. The molecule has 0 fully saturated rings. The third-order valence-electron chi connectivity index (χ3n) is 2.47. The van der Waals surface area contributed by atoms with Gasteiger partial charge in [0.1, 0.15) is 5.58 Å². The highest BCUT2D eigenvalue weighted by Gasteiger charge is 2.07. The van der Waals surface area contributed by atoms with Crippen LogP contribution in [-0.4, -0.2) is 0 Å². The number of hydrogen-bond donors (Lipinski definition) is 0. The predicted octanol–water partition coefficient (Wildman–Crippen LogP) is 5.00. The SMILES string of the molecule is Clc1c2ccc(Br)cc2cc2occc12. The molecule has 0 atom stereocenters. The van der Waals surface area contributed by atoms with Crippen LogP contribution in [0, 0.1) is 0 Å². The maximum Gasteiger partial charge on any atom is 0.135 e. The lowest BCUT2D eigenvalue weighted by molar-refractivity contribution is 0.616. The Labute approximate surface area is 99.8 Å². The van der Waals surface area contributed by atoms with Gasteiger partial charge in [-0.3, -0.25) is 0 Å². The monoisotopic (exact) mass is 280 g/mol. The molecule has 0 amide bonds. The Balaban J connectivity index is 2.57. The molecule has 74 valence electrons. The highest BCUT2D eigenvalue weighted by atomic mass is 79.9. The Morgan fingerprint density at radius 1 is 1.07 bits per heavy atom. The van der Waals surface area contributed by atoms with Gasteiger partial charge < -0.3 is 4.42 Å². The van der Waals surface area contributed by atoms with Gasteiger partial charge in [0.15, 0.2) is 0 Å². The molecule has 0 aliphatic rings. The van der Waals surface area contributed by atoms with Gasteiger partial charge in [-0.2, -0.15) is 0 Å². The fourth-order valence-corrected chi connectivity index (χ4v) is 2.46. The molecular weight excluding hydrogens is 275 g/mol. The first-order chi connectivity index (χ1) is 7.25. The smallest absolute Gasteiger partial charge is 0.135 e. The molecule has 15 heavy (non-hydrogen) atoms. The van der Waals surface area contributed by atoms with Crippen molar-refractivity contribution < 1.29 is 4.42 Å². The molecule has 0 saturated carbocycles. The van der Waals surface area contributed by atoms with Gasteiger partial charge in [-0.05, 0) is 29.7 Å². The maximum atomic E-state index is 6.29. The van der Waals surface area contributed by atoms with Crippen LogP contribution >= 0.6 is 27.5 Å². The van der Waals surface area contributed by atoms with Crippen LogP contribution in [-0.2, 0) is 0 Å². The second kappa shape index (κ2) is 3.26. The van der Waals surface area contributed by atoms with E-state index < -0.39 is 0 Å². The first kappa shape index (κ1) is 9.25. The molecular formula is C12H6BrClO. The lowest BCUT2D eigenvalue weighted by Gasteiger charge is -2.02. The van der Waals surface area contributed by atoms with Crippen LogP contribution in [0.4, 0.5) is 0 Å². The van der Waals surface area contributed by atoms with Crippen molar-refractivity contribution in [1.82, 2.24) is 0 Å². The second-order valence-electron chi connectivity index (χ2n) is 3.39. The molecule has 2 aromatic carbocycles. The van der Waals surface area contributed by atoms with Gasteiger partial charge in [-0.1, -0.05) is 33.6 Å². The van der Waals surface area contributed by atoms with E-state index in [2.05, 4.69) is 15.9 Å². The van der Waals surface area contributed by atoms with Gasteiger partial charge in [0, 0.05) is 15.2 Å². The summed E-state index contributed by atoms with van der Waals surface area (Å²) in [6.45, 7) is 0. The van der Waals surface area contributed by atoms with Crippen molar-refractivity contribution in [3.05, 3.63) is 46.1 Å². The highest BCUT2D eigenvalue weighted by molar-refractivity contribution is 9.10. The number of benzene rings is 2. The molecule has 0 saturated heterocycles. The first-order valence-electron chi connectivity index (χ1n) is 4.51.